The molecule has 0 radical (unpaired) electrons. The standard InChI is InChI=1S/C23H26N4O2.C4H4O4/c28-22(21-25-23(29-26-21)20-9-5-2-6-10-20)24-14-11-18-12-15-27(16-13-18)17-19-7-3-1-4-8-19;5-3(6)1-2-4(7)8/h1-10,18H,11-17H2,(H,24,28);1-2H,(H,5,6)(H,7,8). The minimum atomic E-state index is -1.26. The van der Waals surface area contributed by atoms with Gasteiger partial charge in [-0.15, -0.1) is 0 Å². The summed E-state index contributed by atoms with van der Waals surface area (Å²) in [7, 11) is 0. The second-order valence-electron chi connectivity index (χ2n) is 8.55. The molecule has 2 aromatic carbocycles. The Kier molecular flexibility index (Phi) is 10.5. The fourth-order valence-electron chi connectivity index (χ4n) is 3.90. The molecule has 1 amide bonds. The number of amides is 1. The Morgan fingerprint density at radius 3 is 2.14 bits per heavy atom. The number of rotatable bonds is 9. The number of carbonyl (C=O) groups is 3. The summed E-state index contributed by atoms with van der Waals surface area (Å²) in [6.07, 6.45) is 4.44. The van der Waals surface area contributed by atoms with Crippen molar-refractivity contribution in [1.29, 1.82) is 0 Å². The number of benzene rings is 2. The van der Waals surface area contributed by atoms with E-state index in [9.17, 15) is 14.4 Å². The number of carboxylic acids is 2. The maximum Gasteiger partial charge on any atom is 0.328 e. The van der Waals surface area contributed by atoms with E-state index in [4.69, 9.17) is 14.7 Å². The number of nitrogens with zero attached hydrogens (tertiary/aromatic N) is 3. The molecule has 10 heteroatoms. The highest BCUT2D eigenvalue weighted by Crippen LogP contribution is 2.21. The van der Waals surface area contributed by atoms with Crippen molar-refractivity contribution in [2.24, 2.45) is 5.92 Å². The molecule has 3 aromatic rings. The van der Waals surface area contributed by atoms with Gasteiger partial charge in [-0.05, 0) is 56.0 Å². The number of carboxylic acid groups (broad SMARTS) is 2. The minimum absolute atomic E-state index is 0.0848. The molecule has 3 N–H and O–H groups in total. The zero-order valence-corrected chi connectivity index (χ0v) is 20.3. The van der Waals surface area contributed by atoms with Crippen LogP contribution in [-0.2, 0) is 16.1 Å². The Balaban J connectivity index is 0.000000414. The number of hydrogen-bond acceptors (Lipinski definition) is 7. The zero-order chi connectivity index (χ0) is 26.5. The van der Waals surface area contributed by atoms with Crippen molar-refractivity contribution >= 4 is 17.8 Å². The van der Waals surface area contributed by atoms with E-state index in [0.29, 0.717) is 30.5 Å². The van der Waals surface area contributed by atoms with E-state index in [1.54, 1.807) is 0 Å². The molecular formula is C27H30N4O6. The van der Waals surface area contributed by atoms with Gasteiger partial charge in [-0.1, -0.05) is 53.7 Å². The van der Waals surface area contributed by atoms with Crippen molar-refractivity contribution in [3.63, 3.8) is 0 Å². The van der Waals surface area contributed by atoms with E-state index in [0.717, 1.165) is 31.6 Å². The van der Waals surface area contributed by atoms with Crippen molar-refractivity contribution in [3.05, 3.63) is 84.2 Å². The molecule has 0 atom stereocenters. The Labute approximate surface area is 214 Å². The molecule has 1 fully saturated rings. The van der Waals surface area contributed by atoms with E-state index in [1.165, 1.54) is 18.4 Å². The minimum Gasteiger partial charge on any atom is -0.478 e. The van der Waals surface area contributed by atoms with Gasteiger partial charge in [0.05, 0.1) is 0 Å². The normalized spacial score (nSPS) is 14.1. The number of hydrogen-bond donors (Lipinski definition) is 3. The van der Waals surface area contributed by atoms with E-state index < -0.39 is 11.9 Å². The molecule has 10 nitrogen and oxygen atoms in total. The van der Waals surface area contributed by atoms with Crippen molar-refractivity contribution in [1.82, 2.24) is 20.4 Å². The van der Waals surface area contributed by atoms with Gasteiger partial charge in [0.2, 0.25) is 0 Å². The summed E-state index contributed by atoms with van der Waals surface area (Å²) in [5.74, 6) is -1.70. The van der Waals surface area contributed by atoms with Crippen LogP contribution in [0.3, 0.4) is 0 Å². The third kappa shape index (κ3) is 9.69. The number of aromatic nitrogens is 2. The first-order valence-corrected chi connectivity index (χ1v) is 12.0. The summed E-state index contributed by atoms with van der Waals surface area (Å²) in [5.41, 5.74) is 2.18. The number of likely N-dealkylation sites (tertiary alicyclic amines) is 1. The quantitative estimate of drug-likeness (QED) is 0.371. The largest absolute Gasteiger partial charge is 0.478 e. The summed E-state index contributed by atoms with van der Waals surface area (Å²) in [4.78, 5) is 38.1. The van der Waals surface area contributed by atoms with Gasteiger partial charge in [0.15, 0.2) is 0 Å². The van der Waals surface area contributed by atoms with Crippen LogP contribution < -0.4 is 5.32 Å². The number of aliphatic carboxylic acids is 2. The Hall–Kier alpha value is -4.31. The summed E-state index contributed by atoms with van der Waals surface area (Å²) < 4.78 is 5.20. The third-order valence-corrected chi connectivity index (χ3v) is 5.81. The monoisotopic (exact) mass is 506 g/mol. The van der Waals surface area contributed by atoms with Crippen molar-refractivity contribution in [2.45, 2.75) is 25.8 Å². The average molecular weight is 507 g/mol. The topological polar surface area (TPSA) is 146 Å². The van der Waals surface area contributed by atoms with Crippen LogP contribution in [0.2, 0.25) is 0 Å². The van der Waals surface area contributed by atoms with Gasteiger partial charge in [-0.3, -0.25) is 9.69 Å². The number of nitrogens with one attached hydrogen (secondary N) is 1. The predicted molar refractivity (Wildman–Crippen MR) is 136 cm³/mol. The van der Waals surface area contributed by atoms with Gasteiger partial charge in [0, 0.05) is 30.8 Å². The maximum atomic E-state index is 12.3. The SMILES string of the molecule is O=C(NCCC1CCN(Cc2ccccc2)CC1)c1noc(-c2ccccc2)n1.O=C(O)C=CC(=O)O. The van der Waals surface area contributed by atoms with Crippen LogP contribution in [0.1, 0.15) is 35.4 Å². The van der Waals surface area contributed by atoms with Gasteiger partial charge in [-0.25, -0.2) is 9.59 Å². The molecule has 1 aromatic heterocycles. The van der Waals surface area contributed by atoms with Crippen molar-refractivity contribution < 1.29 is 29.1 Å². The molecule has 1 aliphatic rings. The van der Waals surface area contributed by atoms with Crippen LogP contribution in [0.25, 0.3) is 11.5 Å². The van der Waals surface area contributed by atoms with E-state index in [2.05, 4.69) is 50.7 Å². The molecule has 0 spiro atoms. The van der Waals surface area contributed by atoms with Crippen molar-refractivity contribution in [3.8, 4) is 11.5 Å². The molecule has 2 heterocycles. The molecule has 0 unspecified atom stereocenters. The summed E-state index contributed by atoms with van der Waals surface area (Å²) in [5, 5.41) is 22.4. The molecule has 0 aliphatic carbocycles. The molecular weight excluding hydrogens is 476 g/mol. The first-order chi connectivity index (χ1) is 17.9. The number of carbonyl (C=O) groups excluding carboxylic acids is 1. The highest BCUT2D eigenvalue weighted by molar-refractivity contribution is 5.90. The van der Waals surface area contributed by atoms with Crippen LogP contribution in [0.5, 0.6) is 0 Å². The summed E-state index contributed by atoms with van der Waals surface area (Å²) in [6, 6.07) is 20.1. The van der Waals surface area contributed by atoms with Gasteiger partial charge in [0.25, 0.3) is 17.6 Å². The molecule has 0 bridgehead atoms. The first kappa shape index (κ1) is 27.3. The lowest BCUT2D eigenvalue weighted by atomic mass is 9.93. The fourth-order valence-corrected chi connectivity index (χ4v) is 3.90. The van der Waals surface area contributed by atoms with Gasteiger partial charge in [-0.2, -0.15) is 4.98 Å². The van der Waals surface area contributed by atoms with Gasteiger partial charge < -0.3 is 20.1 Å². The van der Waals surface area contributed by atoms with Gasteiger partial charge in [0.1, 0.15) is 0 Å². The lowest BCUT2D eigenvalue weighted by Gasteiger charge is -2.32. The van der Waals surface area contributed by atoms with Gasteiger partial charge >= 0.3 is 11.9 Å². The molecule has 1 saturated heterocycles. The predicted octanol–water partition coefficient (Wildman–Crippen LogP) is 3.48. The lowest BCUT2D eigenvalue weighted by molar-refractivity contribution is -0.134. The molecule has 37 heavy (non-hydrogen) atoms. The van der Waals surface area contributed by atoms with Crippen molar-refractivity contribution in [2.75, 3.05) is 19.6 Å². The second kappa shape index (κ2) is 14.3. The second-order valence-corrected chi connectivity index (χ2v) is 8.55. The molecule has 1 aliphatic heterocycles. The highest BCUT2D eigenvalue weighted by Gasteiger charge is 2.20. The highest BCUT2D eigenvalue weighted by atomic mass is 16.5. The molecule has 0 saturated carbocycles. The Morgan fingerprint density at radius 2 is 1.54 bits per heavy atom. The van der Waals surface area contributed by atoms with Crippen LogP contribution in [0, 0.1) is 5.92 Å². The van der Waals surface area contributed by atoms with Crippen LogP contribution in [-0.4, -0.2) is 62.7 Å². The van der Waals surface area contributed by atoms with Crippen LogP contribution in [0.4, 0.5) is 0 Å². The van der Waals surface area contributed by atoms with E-state index >= 15 is 0 Å². The Morgan fingerprint density at radius 1 is 0.946 bits per heavy atom. The smallest absolute Gasteiger partial charge is 0.328 e. The van der Waals surface area contributed by atoms with Crippen LogP contribution >= 0.6 is 0 Å². The summed E-state index contributed by atoms with van der Waals surface area (Å²) >= 11 is 0. The zero-order valence-electron chi connectivity index (χ0n) is 20.3. The lowest BCUT2D eigenvalue weighted by Crippen LogP contribution is -2.35. The average Bonchev–Trinajstić information content (AvgIpc) is 3.41. The number of piperidine rings is 1. The van der Waals surface area contributed by atoms with E-state index in [-0.39, 0.29) is 11.7 Å². The third-order valence-electron chi connectivity index (χ3n) is 5.81. The van der Waals surface area contributed by atoms with Crippen LogP contribution in [0.15, 0.2) is 77.3 Å². The Bertz CT molecular complexity index is 1160. The maximum absolute atomic E-state index is 12.3. The molecule has 194 valence electrons. The van der Waals surface area contributed by atoms with E-state index in [1.807, 2.05) is 30.3 Å². The fraction of sp³-hybridized carbons (Fsp3) is 0.296. The first-order valence-electron chi connectivity index (χ1n) is 12.0. The summed E-state index contributed by atoms with van der Waals surface area (Å²) in [6.45, 7) is 3.88. The molecule has 4 rings (SSSR count).